The smallest absolute Gasteiger partial charge is 0.222 e. The predicted octanol–water partition coefficient (Wildman–Crippen LogP) is 7.14. The molecule has 0 atom stereocenters. The number of nitrogens with zero attached hydrogens (tertiary/aromatic N) is 5. The molecule has 1 saturated heterocycles. The molecule has 4 aromatic carbocycles. The van der Waals surface area contributed by atoms with Crippen LogP contribution in [0.5, 0.6) is 5.75 Å². The summed E-state index contributed by atoms with van der Waals surface area (Å²) < 4.78 is 7.46. The Morgan fingerprint density at radius 1 is 0.756 bits per heavy atom. The summed E-state index contributed by atoms with van der Waals surface area (Å²) in [5.41, 5.74) is 4.58. The largest absolute Gasteiger partial charge is 0.497 e. The van der Waals surface area contributed by atoms with Crippen LogP contribution in [-0.2, 0) is 4.79 Å². The van der Waals surface area contributed by atoms with Gasteiger partial charge in [-0.15, -0.1) is 10.2 Å². The highest BCUT2D eigenvalue weighted by Gasteiger charge is 2.28. The second-order valence-corrected chi connectivity index (χ2v) is 12.2. The van der Waals surface area contributed by atoms with Crippen molar-refractivity contribution in [3.8, 4) is 22.8 Å². The van der Waals surface area contributed by atoms with Crippen LogP contribution < -0.4 is 4.74 Å². The van der Waals surface area contributed by atoms with Crippen LogP contribution in [0.2, 0.25) is 0 Å². The van der Waals surface area contributed by atoms with Crippen molar-refractivity contribution in [3.05, 3.63) is 126 Å². The van der Waals surface area contributed by atoms with Gasteiger partial charge in [-0.3, -0.25) is 14.3 Å². The number of piperazine rings is 1. The van der Waals surface area contributed by atoms with Crippen molar-refractivity contribution in [1.82, 2.24) is 24.6 Å². The maximum Gasteiger partial charge on any atom is 0.222 e. The zero-order valence-electron chi connectivity index (χ0n) is 25.7. The number of unbranched alkanes of at least 4 members (excludes halogenated alkanes) is 1. The quantitative estimate of drug-likeness (QED) is 0.110. The molecule has 1 amide bonds. The van der Waals surface area contributed by atoms with Crippen molar-refractivity contribution >= 4 is 17.7 Å². The molecule has 1 aliphatic heterocycles. The monoisotopic (exact) mass is 617 g/mol. The highest BCUT2D eigenvalue weighted by atomic mass is 32.2. The third-order valence-corrected chi connectivity index (χ3v) is 9.29. The van der Waals surface area contributed by atoms with E-state index in [1.54, 1.807) is 18.9 Å². The first-order valence-corrected chi connectivity index (χ1v) is 16.6. The molecule has 0 saturated carbocycles. The first-order valence-electron chi connectivity index (χ1n) is 15.6. The number of thioether (sulfide) groups is 1. The van der Waals surface area contributed by atoms with Gasteiger partial charge in [0.2, 0.25) is 5.91 Å². The lowest BCUT2D eigenvalue weighted by Gasteiger charge is -2.40. The summed E-state index contributed by atoms with van der Waals surface area (Å²) in [6.07, 6.45) is 2.35. The lowest BCUT2D eigenvalue weighted by Crippen LogP contribution is -2.49. The fourth-order valence-corrected chi connectivity index (χ4v) is 6.87. The number of hydrogen-bond donors (Lipinski definition) is 0. The molecule has 0 aliphatic carbocycles. The van der Waals surface area contributed by atoms with Crippen LogP contribution >= 0.6 is 11.8 Å². The summed E-state index contributed by atoms with van der Waals surface area (Å²) >= 11 is 1.68. The van der Waals surface area contributed by atoms with Gasteiger partial charge < -0.3 is 9.64 Å². The van der Waals surface area contributed by atoms with E-state index in [0.29, 0.717) is 6.42 Å². The van der Waals surface area contributed by atoms with Crippen LogP contribution in [0.1, 0.15) is 36.4 Å². The molecule has 7 nitrogen and oxygen atoms in total. The SMILES string of the molecule is COc1ccc(-n2c(SCCCCC(=O)N3CCN(C(c4ccccc4)c4ccccc4)CC3)nnc2-c2ccccc2)cc1. The number of benzene rings is 4. The number of hydrogen-bond acceptors (Lipinski definition) is 6. The summed E-state index contributed by atoms with van der Waals surface area (Å²) in [5, 5.41) is 9.93. The third kappa shape index (κ3) is 7.47. The minimum atomic E-state index is 0.198. The van der Waals surface area contributed by atoms with Gasteiger partial charge in [0.15, 0.2) is 11.0 Å². The fraction of sp³-hybridized carbons (Fsp3) is 0.270. The van der Waals surface area contributed by atoms with Crippen LogP contribution in [0.4, 0.5) is 0 Å². The second-order valence-electron chi connectivity index (χ2n) is 11.2. The van der Waals surface area contributed by atoms with E-state index in [0.717, 1.165) is 72.8 Å². The Bertz CT molecular complexity index is 1600. The number of ether oxygens (including phenoxy) is 1. The van der Waals surface area contributed by atoms with Gasteiger partial charge in [-0.25, -0.2) is 0 Å². The lowest BCUT2D eigenvalue weighted by atomic mass is 9.96. The molecule has 230 valence electrons. The van der Waals surface area contributed by atoms with Crippen molar-refractivity contribution in [1.29, 1.82) is 0 Å². The van der Waals surface area contributed by atoms with E-state index in [9.17, 15) is 4.79 Å². The Hall–Kier alpha value is -4.40. The van der Waals surface area contributed by atoms with Gasteiger partial charge in [-0.05, 0) is 48.2 Å². The molecule has 0 spiro atoms. The molecule has 2 heterocycles. The second kappa shape index (κ2) is 15.1. The number of rotatable bonds is 12. The molecular weight excluding hydrogens is 579 g/mol. The number of aromatic nitrogens is 3. The van der Waals surface area contributed by atoms with Crippen LogP contribution in [0.3, 0.4) is 0 Å². The van der Waals surface area contributed by atoms with Crippen molar-refractivity contribution < 1.29 is 9.53 Å². The van der Waals surface area contributed by atoms with Crippen molar-refractivity contribution in [2.75, 3.05) is 39.0 Å². The molecule has 8 heteroatoms. The van der Waals surface area contributed by atoms with E-state index in [-0.39, 0.29) is 11.9 Å². The van der Waals surface area contributed by atoms with Gasteiger partial charge >= 0.3 is 0 Å². The summed E-state index contributed by atoms with van der Waals surface area (Å²) in [7, 11) is 1.67. The molecule has 1 aliphatic rings. The Labute approximate surface area is 269 Å². The number of methoxy groups -OCH3 is 1. The maximum absolute atomic E-state index is 13.2. The molecule has 0 radical (unpaired) electrons. The zero-order chi connectivity index (χ0) is 30.8. The van der Waals surface area contributed by atoms with Crippen LogP contribution in [0, 0.1) is 0 Å². The van der Waals surface area contributed by atoms with Gasteiger partial charge in [0.05, 0.1) is 13.2 Å². The molecule has 1 aromatic heterocycles. The van der Waals surface area contributed by atoms with E-state index in [1.165, 1.54) is 11.1 Å². The summed E-state index contributed by atoms with van der Waals surface area (Å²) in [5.74, 6) is 2.73. The Balaban J connectivity index is 1.02. The zero-order valence-corrected chi connectivity index (χ0v) is 26.5. The standard InChI is InChI=1S/C37H39N5O2S/c1-44-33-22-20-32(21-23-33)42-36(31-17-9-4-10-18-31)38-39-37(42)45-28-12-11-19-34(43)40-24-26-41(27-25-40)35(29-13-5-2-6-14-29)30-15-7-3-8-16-30/h2-10,13-18,20-23,35H,11-12,19,24-28H2,1H3. The molecule has 1 fully saturated rings. The molecule has 45 heavy (non-hydrogen) atoms. The van der Waals surface area contributed by atoms with Gasteiger partial charge in [-0.2, -0.15) is 0 Å². The van der Waals surface area contributed by atoms with Gasteiger partial charge in [0, 0.05) is 49.6 Å². The van der Waals surface area contributed by atoms with E-state index in [4.69, 9.17) is 4.74 Å². The molecular formula is C37H39N5O2S. The van der Waals surface area contributed by atoms with Crippen LogP contribution in [0.25, 0.3) is 17.1 Å². The highest BCUT2D eigenvalue weighted by Crippen LogP contribution is 2.31. The number of carbonyl (C=O) groups excluding carboxylic acids is 1. The van der Waals surface area contributed by atoms with E-state index < -0.39 is 0 Å². The van der Waals surface area contributed by atoms with Gasteiger partial charge in [0.25, 0.3) is 0 Å². The first kappa shape index (κ1) is 30.6. The normalized spacial score (nSPS) is 13.7. The van der Waals surface area contributed by atoms with E-state index >= 15 is 0 Å². The molecule has 5 aromatic rings. The Morgan fingerprint density at radius 2 is 1.36 bits per heavy atom. The predicted molar refractivity (Wildman–Crippen MR) is 181 cm³/mol. The highest BCUT2D eigenvalue weighted by molar-refractivity contribution is 7.99. The summed E-state index contributed by atoms with van der Waals surface area (Å²) in [4.78, 5) is 17.7. The summed E-state index contributed by atoms with van der Waals surface area (Å²) in [6, 6.07) is 39.6. The Morgan fingerprint density at radius 3 is 1.96 bits per heavy atom. The first-order chi connectivity index (χ1) is 22.2. The van der Waals surface area contributed by atoms with Crippen molar-refractivity contribution in [2.45, 2.75) is 30.5 Å². The third-order valence-electron chi connectivity index (χ3n) is 8.27. The van der Waals surface area contributed by atoms with Gasteiger partial charge in [-0.1, -0.05) is 103 Å². The fourth-order valence-electron chi connectivity index (χ4n) is 5.92. The van der Waals surface area contributed by atoms with E-state index in [1.807, 2.05) is 59.5 Å². The van der Waals surface area contributed by atoms with Crippen molar-refractivity contribution in [3.63, 3.8) is 0 Å². The number of amides is 1. The van der Waals surface area contributed by atoms with Gasteiger partial charge in [0.1, 0.15) is 5.75 Å². The minimum absolute atomic E-state index is 0.198. The van der Waals surface area contributed by atoms with Crippen LogP contribution in [0.15, 0.2) is 120 Å². The average molecular weight is 618 g/mol. The minimum Gasteiger partial charge on any atom is -0.497 e. The number of carbonyl (C=O) groups is 1. The maximum atomic E-state index is 13.2. The Kier molecular flexibility index (Phi) is 10.2. The van der Waals surface area contributed by atoms with E-state index in [2.05, 4.69) is 80.3 Å². The summed E-state index contributed by atoms with van der Waals surface area (Å²) in [6.45, 7) is 3.25. The lowest BCUT2D eigenvalue weighted by molar-refractivity contribution is -0.133. The molecule has 0 N–H and O–H groups in total. The average Bonchev–Trinajstić information content (AvgIpc) is 3.53. The molecule has 6 rings (SSSR count). The van der Waals surface area contributed by atoms with Crippen molar-refractivity contribution in [2.24, 2.45) is 0 Å². The molecule has 0 unspecified atom stereocenters. The topological polar surface area (TPSA) is 63.5 Å². The van der Waals surface area contributed by atoms with Crippen LogP contribution in [-0.4, -0.2) is 69.5 Å². The molecule has 0 bridgehead atoms.